The van der Waals surface area contributed by atoms with Crippen LogP contribution in [0.25, 0.3) is 0 Å². The third-order valence-electron chi connectivity index (χ3n) is 4.78. The van der Waals surface area contributed by atoms with Crippen LogP contribution >= 0.6 is 0 Å². The van der Waals surface area contributed by atoms with Crippen molar-refractivity contribution in [3.05, 3.63) is 35.4 Å². The normalized spacial score (nSPS) is 19.0. The van der Waals surface area contributed by atoms with E-state index in [4.69, 9.17) is 14.2 Å². The number of hydrogen-bond acceptors (Lipinski definition) is 6. The Kier molecular flexibility index (Phi) is 5.82. The van der Waals surface area contributed by atoms with Gasteiger partial charge in [0.15, 0.2) is 5.41 Å². The maximum atomic E-state index is 12.6. The summed E-state index contributed by atoms with van der Waals surface area (Å²) < 4.78 is 15.2. The first kappa shape index (κ1) is 20.7. The number of benzene rings is 1. The van der Waals surface area contributed by atoms with E-state index in [1.807, 2.05) is 24.3 Å². The number of nitrogens with one attached hydrogen (secondary N) is 1. The predicted octanol–water partition coefficient (Wildman–Crippen LogP) is 2.57. The van der Waals surface area contributed by atoms with E-state index < -0.39 is 41.0 Å². The highest BCUT2D eigenvalue weighted by atomic mass is 16.6. The molecule has 0 saturated carbocycles. The molecule has 0 fully saturated rings. The third kappa shape index (κ3) is 4.07. The average molecular weight is 377 g/mol. The molecule has 0 unspecified atom stereocenters. The highest BCUT2D eigenvalue weighted by molar-refractivity contribution is 6.01. The quantitative estimate of drug-likeness (QED) is 0.493. The first-order chi connectivity index (χ1) is 12.5. The van der Waals surface area contributed by atoms with Gasteiger partial charge >= 0.3 is 18.0 Å². The summed E-state index contributed by atoms with van der Waals surface area (Å²) in [6, 6.07) is 6.94. The van der Waals surface area contributed by atoms with E-state index in [-0.39, 0.29) is 0 Å². The van der Waals surface area contributed by atoms with Crippen molar-refractivity contribution in [1.82, 2.24) is 5.32 Å². The number of alkyl carbamates (subject to hydrolysis) is 1. The topological polar surface area (TPSA) is 90.9 Å². The van der Waals surface area contributed by atoms with E-state index in [0.29, 0.717) is 6.42 Å². The number of hydrogen-bond donors (Lipinski definition) is 1. The van der Waals surface area contributed by atoms with Gasteiger partial charge in [-0.15, -0.1) is 0 Å². The summed E-state index contributed by atoms with van der Waals surface area (Å²) in [5.74, 6) is -2.08. The fourth-order valence-electron chi connectivity index (χ4n) is 3.66. The number of carbonyl (C=O) groups excluding carboxylic acids is 3. The Morgan fingerprint density at radius 1 is 1.00 bits per heavy atom. The minimum absolute atomic E-state index is 0.462. The number of carbonyl (C=O) groups is 3. The summed E-state index contributed by atoms with van der Waals surface area (Å²) in [6.07, 6.45) is -0.147. The van der Waals surface area contributed by atoms with Crippen molar-refractivity contribution in [2.24, 2.45) is 5.41 Å². The van der Waals surface area contributed by atoms with Crippen LogP contribution in [0.4, 0.5) is 4.79 Å². The van der Waals surface area contributed by atoms with E-state index in [2.05, 4.69) is 5.32 Å². The Labute approximate surface area is 159 Å². The number of amides is 1. The van der Waals surface area contributed by atoms with E-state index in [0.717, 1.165) is 11.1 Å². The van der Waals surface area contributed by atoms with Crippen LogP contribution in [-0.4, -0.2) is 43.9 Å². The van der Waals surface area contributed by atoms with Gasteiger partial charge in [-0.2, -0.15) is 0 Å². The first-order valence-electron chi connectivity index (χ1n) is 8.78. The maximum Gasteiger partial charge on any atom is 0.407 e. The Morgan fingerprint density at radius 3 is 2.07 bits per heavy atom. The number of ether oxygens (including phenoxy) is 3. The Morgan fingerprint density at radius 2 is 1.56 bits per heavy atom. The van der Waals surface area contributed by atoms with Crippen LogP contribution in [0.3, 0.4) is 0 Å². The number of fused-ring (bicyclic) bond motifs is 1. The fourth-order valence-corrected chi connectivity index (χ4v) is 3.66. The molecule has 0 spiro atoms. The van der Waals surface area contributed by atoms with Gasteiger partial charge in [0.25, 0.3) is 0 Å². The highest BCUT2D eigenvalue weighted by Gasteiger charge is 2.56. The molecule has 0 saturated heterocycles. The van der Waals surface area contributed by atoms with E-state index >= 15 is 0 Å². The molecule has 1 aromatic carbocycles. The Hall–Kier alpha value is -2.57. The lowest BCUT2D eigenvalue weighted by molar-refractivity contribution is -0.170. The van der Waals surface area contributed by atoms with Crippen molar-refractivity contribution >= 4 is 18.0 Å². The van der Waals surface area contributed by atoms with Gasteiger partial charge in [0.2, 0.25) is 0 Å². The molecule has 1 aliphatic rings. The maximum absolute atomic E-state index is 12.6. The average Bonchev–Trinajstić information content (AvgIpc) is 2.95. The van der Waals surface area contributed by atoms with E-state index in [1.165, 1.54) is 21.1 Å². The van der Waals surface area contributed by atoms with Gasteiger partial charge in [-0.25, -0.2) is 4.79 Å². The molecule has 0 bridgehead atoms. The van der Waals surface area contributed by atoms with Crippen LogP contribution in [0.1, 0.15) is 44.7 Å². The lowest BCUT2D eigenvalue weighted by Gasteiger charge is -2.35. The van der Waals surface area contributed by atoms with Crippen molar-refractivity contribution in [3.63, 3.8) is 0 Å². The molecule has 7 heteroatoms. The van der Waals surface area contributed by atoms with Crippen molar-refractivity contribution in [1.29, 1.82) is 0 Å². The molecule has 1 N–H and O–H groups in total. The molecule has 1 amide bonds. The minimum atomic E-state index is -1.62. The second-order valence-corrected chi connectivity index (χ2v) is 7.82. The Balaban J connectivity index is 2.47. The molecule has 0 heterocycles. The van der Waals surface area contributed by atoms with Crippen LogP contribution < -0.4 is 5.32 Å². The SMILES string of the molecule is COC(=O)C(C)(C(=O)OC)[C@@H]1c2ccccc2C[C@H]1NC(=O)OC(C)(C)C. The van der Waals surface area contributed by atoms with Crippen LogP contribution in [0.15, 0.2) is 24.3 Å². The van der Waals surface area contributed by atoms with Crippen LogP contribution in [-0.2, 0) is 30.2 Å². The Bertz CT molecular complexity index is 720. The molecule has 2 atom stereocenters. The zero-order chi connectivity index (χ0) is 20.4. The number of methoxy groups -OCH3 is 2. The lowest BCUT2D eigenvalue weighted by Crippen LogP contribution is -2.51. The zero-order valence-corrected chi connectivity index (χ0v) is 16.6. The van der Waals surface area contributed by atoms with Gasteiger partial charge in [-0.05, 0) is 45.2 Å². The lowest BCUT2D eigenvalue weighted by atomic mass is 9.72. The van der Waals surface area contributed by atoms with Crippen LogP contribution in [0.2, 0.25) is 0 Å². The first-order valence-corrected chi connectivity index (χ1v) is 8.78. The molecule has 1 aliphatic carbocycles. The molecule has 0 aromatic heterocycles. The predicted molar refractivity (Wildman–Crippen MR) is 98.2 cm³/mol. The largest absolute Gasteiger partial charge is 0.468 e. The van der Waals surface area contributed by atoms with Crippen molar-refractivity contribution in [3.8, 4) is 0 Å². The standard InChI is InChI=1S/C20H27NO6/c1-19(2,3)27-18(24)21-14-11-12-9-7-8-10-13(12)15(14)20(4,16(22)25-5)17(23)26-6/h7-10,14-15H,11H2,1-6H3,(H,21,24)/t14-,15-/m1/s1. The summed E-state index contributed by atoms with van der Waals surface area (Å²) in [7, 11) is 2.45. The molecular formula is C20H27NO6. The molecule has 0 aliphatic heterocycles. The second kappa shape index (κ2) is 7.58. The van der Waals surface area contributed by atoms with Gasteiger partial charge in [-0.1, -0.05) is 24.3 Å². The van der Waals surface area contributed by atoms with Gasteiger partial charge in [0.1, 0.15) is 5.60 Å². The van der Waals surface area contributed by atoms with Gasteiger partial charge < -0.3 is 19.5 Å². The summed E-state index contributed by atoms with van der Waals surface area (Å²) in [5.41, 5.74) is -0.533. The number of rotatable bonds is 4. The monoisotopic (exact) mass is 377 g/mol. The smallest absolute Gasteiger partial charge is 0.407 e. The molecule has 148 valence electrons. The summed E-state index contributed by atoms with van der Waals surface area (Å²) >= 11 is 0. The number of esters is 2. The van der Waals surface area contributed by atoms with Gasteiger partial charge in [0.05, 0.1) is 14.2 Å². The van der Waals surface area contributed by atoms with Gasteiger partial charge in [-0.3, -0.25) is 9.59 Å². The summed E-state index contributed by atoms with van der Waals surface area (Å²) in [4.78, 5) is 37.6. The second-order valence-electron chi connectivity index (χ2n) is 7.82. The summed E-state index contributed by atoms with van der Waals surface area (Å²) in [6.45, 7) is 6.78. The molecule has 2 rings (SSSR count). The van der Waals surface area contributed by atoms with Crippen molar-refractivity contribution < 1.29 is 28.6 Å². The molecular weight excluding hydrogens is 350 g/mol. The third-order valence-corrected chi connectivity index (χ3v) is 4.78. The van der Waals surface area contributed by atoms with Crippen LogP contribution in [0.5, 0.6) is 0 Å². The minimum Gasteiger partial charge on any atom is -0.468 e. The molecule has 1 aromatic rings. The van der Waals surface area contributed by atoms with Crippen molar-refractivity contribution in [2.45, 2.75) is 51.7 Å². The summed E-state index contributed by atoms with van der Waals surface area (Å²) in [5, 5.41) is 2.82. The van der Waals surface area contributed by atoms with Gasteiger partial charge in [0, 0.05) is 12.0 Å². The highest BCUT2D eigenvalue weighted by Crippen LogP contribution is 2.47. The fraction of sp³-hybridized carbons (Fsp3) is 0.550. The molecule has 7 nitrogen and oxygen atoms in total. The van der Waals surface area contributed by atoms with E-state index in [1.54, 1.807) is 20.8 Å². The molecule has 0 radical (unpaired) electrons. The van der Waals surface area contributed by atoms with Crippen LogP contribution in [0, 0.1) is 5.41 Å². The zero-order valence-electron chi connectivity index (χ0n) is 16.6. The molecule has 27 heavy (non-hydrogen) atoms. The van der Waals surface area contributed by atoms with Crippen molar-refractivity contribution in [2.75, 3.05) is 14.2 Å². The van der Waals surface area contributed by atoms with E-state index in [9.17, 15) is 14.4 Å².